The largest absolute Gasteiger partial charge is 0.364 e. The highest BCUT2D eigenvalue weighted by molar-refractivity contribution is 7.09. The van der Waals surface area contributed by atoms with E-state index in [0.717, 1.165) is 43.5 Å². The minimum absolute atomic E-state index is 0.263. The number of aromatic nitrogens is 4. The molecular formula is C20H14FN5OS. The standard InChI is InChI=1S/C20H14FN5OS/c21-12-6-14(13-1-2-23-16(13)7-12)10-3-11(15-8-24-26-17(15)4-10)5-19-25-18(9-28-19)20(22)27/h1-4,6-9,23H,5H2,(H2,22,27)(H,24,26). The highest BCUT2D eigenvalue weighted by Crippen LogP contribution is 2.33. The molecule has 0 aliphatic rings. The number of hydrogen-bond acceptors (Lipinski definition) is 4. The van der Waals surface area contributed by atoms with Gasteiger partial charge in [0.05, 0.1) is 16.7 Å². The molecule has 0 radical (unpaired) electrons. The first-order chi connectivity index (χ1) is 13.6. The fourth-order valence-corrected chi connectivity index (χ4v) is 4.27. The number of hydrogen-bond donors (Lipinski definition) is 3. The molecule has 8 heteroatoms. The third kappa shape index (κ3) is 2.74. The molecule has 1 amide bonds. The number of rotatable bonds is 4. The second-order valence-electron chi connectivity index (χ2n) is 6.53. The zero-order valence-corrected chi connectivity index (χ0v) is 15.3. The highest BCUT2D eigenvalue weighted by atomic mass is 32.1. The molecule has 0 unspecified atom stereocenters. The van der Waals surface area contributed by atoms with Crippen molar-refractivity contribution in [3.05, 3.63) is 70.2 Å². The van der Waals surface area contributed by atoms with Gasteiger partial charge in [0.2, 0.25) is 0 Å². The van der Waals surface area contributed by atoms with Gasteiger partial charge in [0.1, 0.15) is 11.5 Å². The molecule has 6 nitrogen and oxygen atoms in total. The van der Waals surface area contributed by atoms with E-state index in [1.54, 1.807) is 17.8 Å². The van der Waals surface area contributed by atoms with Crippen molar-refractivity contribution in [3.63, 3.8) is 0 Å². The maximum Gasteiger partial charge on any atom is 0.268 e. The van der Waals surface area contributed by atoms with Crippen LogP contribution in [0.2, 0.25) is 0 Å². The Kier molecular flexibility index (Phi) is 3.73. The second-order valence-corrected chi connectivity index (χ2v) is 7.47. The summed E-state index contributed by atoms with van der Waals surface area (Å²) in [6, 6.07) is 8.93. The summed E-state index contributed by atoms with van der Waals surface area (Å²) in [7, 11) is 0. The zero-order valence-electron chi connectivity index (χ0n) is 14.5. The van der Waals surface area contributed by atoms with Crippen molar-refractivity contribution < 1.29 is 9.18 Å². The van der Waals surface area contributed by atoms with Crippen molar-refractivity contribution in [3.8, 4) is 11.1 Å². The Bertz CT molecular complexity index is 1350. The summed E-state index contributed by atoms with van der Waals surface area (Å²) in [6.45, 7) is 0. The SMILES string of the molecule is NC(=O)c1csc(Cc2cc(-c3cc(F)cc4[nH]ccc34)cc3[nH]ncc23)n1. The molecule has 0 fully saturated rings. The van der Waals surface area contributed by atoms with Crippen LogP contribution in [-0.4, -0.2) is 26.1 Å². The molecule has 138 valence electrons. The van der Waals surface area contributed by atoms with Crippen LogP contribution in [0.1, 0.15) is 21.1 Å². The Morgan fingerprint density at radius 1 is 1.18 bits per heavy atom. The van der Waals surface area contributed by atoms with E-state index in [9.17, 15) is 9.18 Å². The first kappa shape index (κ1) is 16.6. The number of halogens is 1. The van der Waals surface area contributed by atoms with Crippen molar-refractivity contribution in [2.75, 3.05) is 0 Å². The number of nitrogens with two attached hydrogens (primary N) is 1. The average molecular weight is 391 g/mol. The lowest BCUT2D eigenvalue weighted by molar-refractivity contribution is 0.0996. The monoisotopic (exact) mass is 391 g/mol. The summed E-state index contributed by atoms with van der Waals surface area (Å²) in [5.74, 6) is -0.846. The topological polar surface area (TPSA) is 100 Å². The molecule has 5 aromatic rings. The van der Waals surface area contributed by atoms with Crippen LogP contribution in [0.3, 0.4) is 0 Å². The zero-order chi connectivity index (χ0) is 19.3. The Hall–Kier alpha value is -3.52. The van der Waals surface area contributed by atoms with Crippen molar-refractivity contribution in [2.24, 2.45) is 5.73 Å². The molecular weight excluding hydrogens is 377 g/mol. The van der Waals surface area contributed by atoms with Crippen molar-refractivity contribution in [2.45, 2.75) is 6.42 Å². The predicted molar refractivity (Wildman–Crippen MR) is 107 cm³/mol. The minimum Gasteiger partial charge on any atom is -0.364 e. The van der Waals surface area contributed by atoms with E-state index in [1.807, 2.05) is 18.2 Å². The summed E-state index contributed by atoms with van der Waals surface area (Å²) in [5, 5.41) is 11.5. The Morgan fingerprint density at radius 2 is 2.07 bits per heavy atom. The number of carbonyl (C=O) groups excluding carboxylic acids is 1. The third-order valence-corrected chi connectivity index (χ3v) is 5.58. The van der Waals surface area contributed by atoms with Gasteiger partial charge in [-0.1, -0.05) is 0 Å². The van der Waals surface area contributed by atoms with Gasteiger partial charge in [-0.2, -0.15) is 5.10 Å². The van der Waals surface area contributed by atoms with Gasteiger partial charge in [0, 0.05) is 34.3 Å². The number of nitrogens with zero attached hydrogens (tertiary/aromatic N) is 2. The lowest BCUT2D eigenvalue weighted by atomic mass is 9.96. The normalized spacial score (nSPS) is 11.5. The summed E-state index contributed by atoms with van der Waals surface area (Å²) in [4.78, 5) is 18.7. The molecule has 28 heavy (non-hydrogen) atoms. The third-order valence-electron chi connectivity index (χ3n) is 4.73. The molecule has 3 heterocycles. The van der Waals surface area contributed by atoms with Crippen molar-refractivity contribution in [1.82, 2.24) is 20.2 Å². The molecule has 0 aliphatic carbocycles. The quantitative estimate of drug-likeness (QED) is 0.432. The number of nitrogens with one attached hydrogen (secondary N) is 2. The number of fused-ring (bicyclic) bond motifs is 2. The van der Waals surface area contributed by atoms with Crippen LogP contribution in [0.4, 0.5) is 4.39 Å². The number of primary amides is 1. The number of aromatic amines is 2. The lowest BCUT2D eigenvalue weighted by Crippen LogP contribution is -2.11. The fraction of sp³-hybridized carbons (Fsp3) is 0.0500. The summed E-state index contributed by atoms with van der Waals surface area (Å²) in [5.41, 5.74) is 9.82. The number of H-pyrrole nitrogens is 2. The molecule has 0 atom stereocenters. The highest BCUT2D eigenvalue weighted by Gasteiger charge is 2.14. The number of carbonyl (C=O) groups is 1. The van der Waals surface area contributed by atoms with E-state index in [1.165, 1.54) is 23.5 Å². The van der Waals surface area contributed by atoms with Crippen LogP contribution in [0.15, 0.2) is 48.1 Å². The van der Waals surface area contributed by atoms with Crippen molar-refractivity contribution >= 4 is 39.0 Å². The average Bonchev–Trinajstić information content (AvgIpc) is 3.40. The first-order valence-electron chi connectivity index (χ1n) is 8.56. The minimum atomic E-state index is -0.542. The number of amides is 1. The summed E-state index contributed by atoms with van der Waals surface area (Å²) >= 11 is 1.38. The maximum absolute atomic E-state index is 14.1. The Balaban J connectivity index is 1.66. The van der Waals surface area contributed by atoms with E-state index >= 15 is 0 Å². The van der Waals surface area contributed by atoms with Crippen molar-refractivity contribution in [1.29, 1.82) is 0 Å². The van der Waals surface area contributed by atoms with Gasteiger partial charge in [-0.15, -0.1) is 11.3 Å². The number of benzene rings is 2. The fourth-order valence-electron chi connectivity index (χ4n) is 3.47. The van der Waals surface area contributed by atoms with Crippen LogP contribution >= 0.6 is 11.3 Å². The molecule has 0 saturated heterocycles. The molecule has 2 aromatic carbocycles. The van der Waals surface area contributed by atoms with E-state index < -0.39 is 5.91 Å². The molecule has 0 bridgehead atoms. The summed E-state index contributed by atoms with van der Waals surface area (Å²) in [6.07, 6.45) is 4.08. The van der Waals surface area contributed by atoms with E-state index in [4.69, 9.17) is 5.73 Å². The van der Waals surface area contributed by atoms with Gasteiger partial charge in [-0.05, 0) is 47.0 Å². The van der Waals surface area contributed by atoms with Gasteiger partial charge >= 0.3 is 0 Å². The smallest absolute Gasteiger partial charge is 0.268 e. The van der Waals surface area contributed by atoms with Crippen LogP contribution in [-0.2, 0) is 6.42 Å². The predicted octanol–water partition coefficient (Wildman–Crippen LogP) is 4.00. The van der Waals surface area contributed by atoms with Gasteiger partial charge in [-0.3, -0.25) is 9.89 Å². The van der Waals surface area contributed by atoms with Crippen LogP contribution in [0.25, 0.3) is 32.9 Å². The van der Waals surface area contributed by atoms with E-state index in [0.29, 0.717) is 6.42 Å². The van der Waals surface area contributed by atoms with Crippen LogP contribution in [0.5, 0.6) is 0 Å². The lowest BCUT2D eigenvalue weighted by Gasteiger charge is -2.09. The van der Waals surface area contributed by atoms with Gasteiger partial charge in [0.25, 0.3) is 5.91 Å². The van der Waals surface area contributed by atoms with Gasteiger partial charge in [0.15, 0.2) is 0 Å². The van der Waals surface area contributed by atoms with E-state index in [-0.39, 0.29) is 11.5 Å². The molecule has 4 N–H and O–H groups in total. The molecule has 3 aromatic heterocycles. The second kappa shape index (κ2) is 6.28. The molecule has 0 spiro atoms. The molecule has 0 aliphatic heterocycles. The first-order valence-corrected chi connectivity index (χ1v) is 9.43. The molecule has 0 saturated carbocycles. The van der Waals surface area contributed by atoms with Crippen LogP contribution in [0, 0.1) is 5.82 Å². The Morgan fingerprint density at radius 3 is 2.89 bits per heavy atom. The van der Waals surface area contributed by atoms with Gasteiger partial charge in [-0.25, -0.2) is 9.37 Å². The maximum atomic E-state index is 14.1. The van der Waals surface area contributed by atoms with Gasteiger partial charge < -0.3 is 10.7 Å². The number of thiazole rings is 1. The van der Waals surface area contributed by atoms with Crippen LogP contribution < -0.4 is 5.73 Å². The molecule has 5 rings (SSSR count). The Labute approximate surface area is 162 Å². The summed E-state index contributed by atoms with van der Waals surface area (Å²) < 4.78 is 14.1. The van der Waals surface area contributed by atoms with E-state index in [2.05, 4.69) is 20.2 Å².